The van der Waals surface area contributed by atoms with Crippen LogP contribution in [0, 0.1) is 13.8 Å². The molecule has 2 aromatic carbocycles. The summed E-state index contributed by atoms with van der Waals surface area (Å²) in [6.07, 6.45) is 0.622. The molecule has 0 radical (unpaired) electrons. The van der Waals surface area contributed by atoms with E-state index < -0.39 is 18.5 Å². The summed E-state index contributed by atoms with van der Waals surface area (Å²) in [7, 11) is 0. The molecule has 1 heterocycles. The van der Waals surface area contributed by atoms with Crippen LogP contribution >= 0.6 is 15.9 Å². The molecule has 1 aromatic heterocycles. The lowest BCUT2D eigenvalue weighted by Gasteiger charge is -2.11. The van der Waals surface area contributed by atoms with Gasteiger partial charge >= 0.3 is 5.97 Å². The van der Waals surface area contributed by atoms with Crippen LogP contribution in [0.25, 0.3) is 11.3 Å². The van der Waals surface area contributed by atoms with Gasteiger partial charge in [-0.25, -0.2) is 4.79 Å². The minimum Gasteiger partial charge on any atom is -0.453 e. The van der Waals surface area contributed by atoms with Gasteiger partial charge in [0, 0.05) is 10.0 Å². The lowest BCUT2D eigenvalue weighted by Crippen LogP contribution is -2.21. The Morgan fingerprint density at radius 2 is 1.76 bits per heavy atom. The Morgan fingerprint density at radius 1 is 1.07 bits per heavy atom. The third kappa shape index (κ3) is 5.00. The summed E-state index contributed by atoms with van der Waals surface area (Å²) < 4.78 is 11.2. The zero-order chi connectivity index (χ0) is 21.0. The zero-order valence-corrected chi connectivity index (χ0v) is 17.4. The molecule has 1 N–H and O–H groups in total. The summed E-state index contributed by atoms with van der Waals surface area (Å²) in [4.78, 5) is 35.0. The molecule has 0 unspecified atom stereocenters. The van der Waals surface area contributed by atoms with E-state index in [1.807, 2.05) is 26.0 Å². The summed E-state index contributed by atoms with van der Waals surface area (Å²) in [5.74, 6) is -0.301. The van der Waals surface area contributed by atoms with Crippen molar-refractivity contribution in [2.45, 2.75) is 13.8 Å². The van der Waals surface area contributed by atoms with E-state index in [1.54, 1.807) is 36.4 Å². The minimum absolute atomic E-state index is 0.227. The molecule has 1 amide bonds. The maximum atomic E-state index is 12.2. The number of benzene rings is 2. The van der Waals surface area contributed by atoms with Gasteiger partial charge < -0.3 is 14.5 Å². The molecule has 0 aliphatic heterocycles. The van der Waals surface area contributed by atoms with Gasteiger partial charge in [-0.05, 0) is 77.3 Å². The molecule has 3 rings (SSSR count). The highest BCUT2D eigenvalue weighted by Crippen LogP contribution is 2.26. The van der Waals surface area contributed by atoms with Crippen molar-refractivity contribution in [1.82, 2.24) is 0 Å². The largest absolute Gasteiger partial charge is 0.453 e. The van der Waals surface area contributed by atoms with E-state index in [0.717, 1.165) is 15.6 Å². The van der Waals surface area contributed by atoms with Gasteiger partial charge in [-0.3, -0.25) is 9.59 Å². The van der Waals surface area contributed by atoms with E-state index in [-0.39, 0.29) is 5.76 Å². The number of esters is 1. The van der Waals surface area contributed by atoms with Crippen molar-refractivity contribution in [3.8, 4) is 11.3 Å². The topological polar surface area (TPSA) is 85.6 Å². The Labute approximate surface area is 176 Å². The first-order chi connectivity index (χ1) is 13.9. The van der Waals surface area contributed by atoms with Crippen LogP contribution in [-0.4, -0.2) is 24.8 Å². The normalized spacial score (nSPS) is 10.4. The van der Waals surface area contributed by atoms with Crippen molar-refractivity contribution in [1.29, 1.82) is 0 Å². The van der Waals surface area contributed by atoms with Gasteiger partial charge in [0.25, 0.3) is 5.91 Å². The zero-order valence-electron chi connectivity index (χ0n) is 15.8. The molecule has 0 bridgehead atoms. The van der Waals surface area contributed by atoms with Crippen molar-refractivity contribution in [2.75, 3.05) is 11.9 Å². The van der Waals surface area contributed by atoms with Crippen LogP contribution < -0.4 is 5.32 Å². The fourth-order valence-electron chi connectivity index (χ4n) is 2.62. The van der Waals surface area contributed by atoms with Gasteiger partial charge in [0.1, 0.15) is 5.76 Å². The molecule has 0 atom stereocenters. The number of anilines is 1. The van der Waals surface area contributed by atoms with Crippen LogP contribution in [0.2, 0.25) is 0 Å². The second-order valence-corrected chi connectivity index (χ2v) is 7.29. The second-order valence-electron chi connectivity index (χ2n) is 6.44. The average molecular weight is 456 g/mol. The number of furan rings is 1. The minimum atomic E-state index is -0.612. The Bertz CT molecular complexity index is 1070. The third-order valence-corrected chi connectivity index (χ3v) is 5.00. The van der Waals surface area contributed by atoms with E-state index >= 15 is 0 Å². The predicted octanol–water partition coefficient (Wildman–Crippen LogP) is 4.93. The van der Waals surface area contributed by atoms with Gasteiger partial charge in [0.05, 0.1) is 11.3 Å². The fraction of sp³-hybridized carbons (Fsp3) is 0.136. The van der Waals surface area contributed by atoms with Crippen molar-refractivity contribution in [2.24, 2.45) is 0 Å². The molecular weight excluding hydrogens is 438 g/mol. The van der Waals surface area contributed by atoms with Gasteiger partial charge in [-0.2, -0.15) is 0 Å². The van der Waals surface area contributed by atoms with Gasteiger partial charge in [-0.15, -0.1) is 0 Å². The van der Waals surface area contributed by atoms with E-state index in [4.69, 9.17) is 9.15 Å². The number of nitrogens with one attached hydrogen (secondary N) is 1. The highest BCUT2D eigenvalue weighted by atomic mass is 79.9. The number of halogens is 1. The van der Waals surface area contributed by atoms with E-state index in [0.29, 0.717) is 28.9 Å². The van der Waals surface area contributed by atoms with E-state index in [1.165, 1.54) is 0 Å². The molecule has 0 spiro atoms. The van der Waals surface area contributed by atoms with Crippen LogP contribution in [0.4, 0.5) is 5.69 Å². The smallest absolute Gasteiger partial charge is 0.338 e. The van der Waals surface area contributed by atoms with E-state index in [9.17, 15) is 14.4 Å². The quantitative estimate of drug-likeness (QED) is 0.420. The summed E-state index contributed by atoms with van der Waals surface area (Å²) in [5.41, 5.74) is 3.77. The molecule has 0 fully saturated rings. The SMILES string of the molecule is Cc1cc(Br)c(NC(=O)COC(=O)c2ccc(-c3ccc(C=O)o3)cc2)cc1C. The molecule has 0 aliphatic carbocycles. The van der Waals surface area contributed by atoms with E-state index in [2.05, 4.69) is 21.2 Å². The highest BCUT2D eigenvalue weighted by molar-refractivity contribution is 9.10. The number of ether oxygens (including phenoxy) is 1. The van der Waals surface area contributed by atoms with Crippen molar-refractivity contribution in [3.63, 3.8) is 0 Å². The molecule has 148 valence electrons. The predicted molar refractivity (Wildman–Crippen MR) is 112 cm³/mol. The van der Waals surface area contributed by atoms with Crippen LogP contribution in [0.1, 0.15) is 32.0 Å². The van der Waals surface area contributed by atoms with Crippen molar-refractivity contribution >= 4 is 39.8 Å². The van der Waals surface area contributed by atoms with Crippen molar-refractivity contribution < 1.29 is 23.5 Å². The maximum absolute atomic E-state index is 12.2. The Morgan fingerprint density at radius 3 is 2.41 bits per heavy atom. The monoisotopic (exact) mass is 455 g/mol. The lowest BCUT2D eigenvalue weighted by molar-refractivity contribution is -0.119. The Kier molecular flexibility index (Phi) is 6.29. The number of aldehydes is 1. The van der Waals surface area contributed by atoms with Crippen molar-refractivity contribution in [3.05, 3.63) is 75.5 Å². The summed E-state index contributed by atoms with van der Waals surface area (Å²) in [6, 6.07) is 13.5. The molecule has 0 saturated carbocycles. The number of aryl methyl sites for hydroxylation is 2. The standard InChI is InChI=1S/C22H18BrNO5/c1-13-9-18(23)19(10-14(13)2)24-21(26)12-28-22(27)16-5-3-15(4-6-16)20-8-7-17(11-25)29-20/h3-11H,12H2,1-2H3,(H,24,26). The number of carbonyl (C=O) groups is 3. The average Bonchev–Trinajstić information content (AvgIpc) is 3.19. The first-order valence-electron chi connectivity index (χ1n) is 8.76. The van der Waals surface area contributed by atoms with Crippen LogP contribution in [0.3, 0.4) is 0 Å². The van der Waals surface area contributed by atoms with Crippen LogP contribution in [0.5, 0.6) is 0 Å². The number of hydrogen-bond acceptors (Lipinski definition) is 5. The molecule has 3 aromatic rings. The second kappa shape index (κ2) is 8.87. The number of hydrogen-bond donors (Lipinski definition) is 1. The van der Waals surface area contributed by atoms with Crippen LogP contribution in [0.15, 0.2) is 57.4 Å². The Hall–Kier alpha value is -3.19. The number of amides is 1. The fourth-order valence-corrected chi connectivity index (χ4v) is 3.18. The molecule has 6 nitrogen and oxygen atoms in total. The highest BCUT2D eigenvalue weighted by Gasteiger charge is 2.13. The summed E-state index contributed by atoms with van der Waals surface area (Å²) in [6.45, 7) is 3.52. The molecule has 7 heteroatoms. The first-order valence-corrected chi connectivity index (χ1v) is 9.56. The Balaban J connectivity index is 1.58. The first kappa shape index (κ1) is 20.5. The lowest BCUT2D eigenvalue weighted by atomic mass is 10.1. The third-order valence-electron chi connectivity index (χ3n) is 4.34. The number of carbonyl (C=O) groups excluding carboxylic acids is 3. The van der Waals surface area contributed by atoms with Gasteiger partial charge in [0.15, 0.2) is 18.7 Å². The molecule has 29 heavy (non-hydrogen) atoms. The molecule has 0 aliphatic rings. The summed E-state index contributed by atoms with van der Waals surface area (Å²) in [5, 5.41) is 2.72. The number of rotatable bonds is 6. The summed E-state index contributed by atoms with van der Waals surface area (Å²) >= 11 is 3.41. The van der Waals surface area contributed by atoms with Gasteiger partial charge in [-0.1, -0.05) is 12.1 Å². The molecular formula is C22H18BrNO5. The van der Waals surface area contributed by atoms with Crippen LogP contribution in [-0.2, 0) is 9.53 Å². The van der Waals surface area contributed by atoms with Gasteiger partial charge in [0.2, 0.25) is 0 Å². The maximum Gasteiger partial charge on any atom is 0.338 e. The molecule has 0 saturated heterocycles.